The number of aromatic nitrogens is 3. The molecule has 0 saturated carbocycles. The van der Waals surface area contributed by atoms with E-state index in [0.717, 1.165) is 34.9 Å². The molecule has 8 heteroatoms. The molecule has 2 N–H and O–H groups in total. The summed E-state index contributed by atoms with van der Waals surface area (Å²) in [4.78, 5) is 26.4. The van der Waals surface area contributed by atoms with Gasteiger partial charge in [0.1, 0.15) is 5.82 Å². The number of urea groups is 1. The minimum absolute atomic E-state index is 0.127. The fraction of sp³-hybridized carbons (Fsp3) is 0.556. The predicted octanol–water partition coefficient (Wildman–Crippen LogP) is 3.75. The molecule has 2 aromatic heterocycles. The average Bonchev–Trinajstić information content (AvgIpc) is 2.94. The number of rotatable bonds is 7. The Labute approximate surface area is 158 Å². The van der Waals surface area contributed by atoms with Gasteiger partial charge in [0.15, 0.2) is 5.13 Å². The van der Waals surface area contributed by atoms with E-state index in [1.54, 1.807) is 13.3 Å². The molecule has 2 heterocycles. The van der Waals surface area contributed by atoms with Gasteiger partial charge >= 0.3 is 6.03 Å². The topological polar surface area (TPSA) is 89.0 Å². The Hall–Kier alpha value is -2.06. The van der Waals surface area contributed by atoms with Crippen LogP contribution in [-0.4, -0.2) is 41.2 Å². The Morgan fingerprint density at radius 1 is 1.27 bits per heavy atom. The van der Waals surface area contributed by atoms with Gasteiger partial charge in [0.25, 0.3) is 0 Å². The quantitative estimate of drug-likeness (QED) is 0.717. The van der Waals surface area contributed by atoms with Crippen molar-refractivity contribution in [3.05, 3.63) is 23.8 Å². The van der Waals surface area contributed by atoms with Crippen molar-refractivity contribution in [2.75, 3.05) is 25.6 Å². The van der Waals surface area contributed by atoms with E-state index in [4.69, 9.17) is 4.74 Å². The van der Waals surface area contributed by atoms with Gasteiger partial charge in [0.05, 0.1) is 16.3 Å². The molecule has 0 saturated heterocycles. The molecule has 142 valence electrons. The van der Waals surface area contributed by atoms with Crippen molar-refractivity contribution < 1.29 is 9.53 Å². The zero-order valence-corrected chi connectivity index (χ0v) is 16.9. The fourth-order valence-electron chi connectivity index (χ4n) is 2.25. The minimum atomic E-state index is -0.249. The molecule has 2 rings (SSSR count). The lowest BCUT2D eigenvalue weighted by Gasteiger charge is -2.16. The second-order valence-corrected chi connectivity index (χ2v) is 8.03. The smallest absolute Gasteiger partial charge is 0.321 e. The van der Waals surface area contributed by atoms with Crippen LogP contribution >= 0.6 is 11.3 Å². The summed E-state index contributed by atoms with van der Waals surface area (Å²) in [6, 6.07) is 1.62. The molecular formula is C18H27N5O2S. The van der Waals surface area contributed by atoms with Crippen LogP contribution in [0, 0.1) is 6.92 Å². The molecule has 26 heavy (non-hydrogen) atoms. The van der Waals surface area contributed by atoms with Gasteiger partial charge in [-0.05, 0) is 25.8 Å². The highest BCUT2D eigenvalue weighted by Gasteiger charge is 2.19. The van der Waals surface area contributed by atoms with Crippen LogP contribution in [0.4, 0.5) is 9.93 Å². The Morgan fingerprint density at radius 2 is 2.04 bits per heavy atom. The Bertz CT molecular complexity index is 739. The van der Waals surface area contributed by atoms with Crippen LogP contribution in [0.15, 0.2) is 12.3 Å². The number of nitrogens with one attached hydrogen (secondary N) is 2. The molecule has 0 aliphatic carbocycles. The number of hydrogen-bond acceptors (Lipinski definition) is 6. The van der Waals surface area contributed by atoms with Gasteiger partial charge in [-0.15, -0.1) is 0 Å². The fourth-order valence-corrected chi connectivity index (χ4v) is 3.18. The maximum absolute atomic E-state index is 12.0. The van der Waals surface area contributed by atoms with Crippen molar-refractivity contribution >= 4 is 22.5 Å². The van der Waals surface area contributed by atoms with Crippen LogP contribution < -0.4 is 10.6 Å². The van der Waals surface area contributed by atoms with Crippen LogP contribution in [0.3, 0.4) is 0 Å². The van der Waals surface area contributed by atoms with E-state index in [2.05, 4.69) is 46.4 Å². The first-order chi connectivity index (χ1) is 12.3. The summed E-state index contributed by atoms with van der Waals surface area (Å²) in [5.41, 5.74) is 1.54. The Balaban J connectivity index is 2.02. The minimum Gasteiger partial charge on any atom is -0.385 e. The second kappa shape index (κ2) is 9.05. The van der Waals surface area contributed by atoms with Gasteiger partial charge in [-0.2, -0.15) is 0 Å². The zero-order chi connectivity index (χ0) is 19.2. The van der Waals surface area contributed by atoms with Crippen molar-refractivity contribution in [1.82, 2.24) is 20.3 Å². The summed E-state index contributed by atoms with van der Waals surface area (Å²) >= 11 is 1.41. The van der Waals surface area contributed by atoms with E-state index in [-0.39, 0.29) is 11.4 Å². The second-order valence-electron chi connectivity index (χ2n) is 7.03. The molecule has 0 bridgehead atoms. The maximum atomic E-state index is 12.0. The number of thiazole rings is 1. The third kappa shape index (κ3) is 5.74. The van der Waals surface area contributed by atoms with Gasteiger partial charge in [-0.1, -0.05) is 32.1 Å². The first-order valence-corrected chi connectivity index (χ1v) is 9.48. The Morgan fingerprint density at radius 3 is 2.73 bits per heavy atom. The summed E-state index contributed by atoms with van der Waals surface area (Å²) < 4.78 is 4.98. The van der Waals surface area contributed by atoms with E-state index in [1.165, 1.54) is 11.3 Å². The molecule has 0 atom stereocenters. The van der Waals surface area contributed by atoms with E-state index in [9.17, 15) is 4.79 Å². The molecule has 0 fully saturated rings. The van der Waals surface area contributed by atoms with Gasteiger partial charge in [0.2, 0.25) is 0 Å². The number of nitrogens with zero attached hydrogens (tertiary/aromatic N) is 3. The van der Waals surface area contributed by atoms with Gasteiger partial charge in [0, 0.05) is 31.9 Å². The molecular weight excluding hydrogens is 350 g/mol. The van der Waals surface area contributed by atoms with Crippen LogP contribution in [0.25, 0.3) is 10.6 Å². The molecule has 0 spiro atoms. The van der Waals surface area contributed by atoms with Crippen molar-refractivity contribution in [1.29, 1.82) is 0 Å². The van der Waals surface area contributed by atoms with Crippen molar-refractivity contribution in [3.63, 3.8) is 0 Å². The molecule has 0 aromatic carbocycles. The third-order valence-corrected chi connectivity index (χ3v) is 4.73. The summed E-state index contributed by atoms with van der Waals surface area (Å²) in [6.45, 7) is 9.46. The molecule has 0 unspecified atom stereocenters. The number of hydrogen-bond donors (Lipinski definition) is 2. The van der Waals surface area contributed by atoms with Crippen molar-refractivity contribution in [3.8, 4) is 10.6 Å². The van der Waals surface area contributed by atoms with Crippen LogP contribution in [0.5, 0.6) is 0 Å². The number of aryl methyl sites for hydroxylation is 1. The van der Waals surface area contributed by atoms with E-state index in [1.807, 2.05) is 13.0 Å². The summed E-state index contributed by atoms with van der Waals surface area (Å²) in [6.07, 6.45) is 3.56. The first-order valence-electron chi connectivity index (χ1n) is 8.66. The molecule has 0 radical (unpaired) electrons. The van der Waals surface area contributed by atoms with Crippen LogP contribution in [0.1, 0.15) is 45.1 Å². The number of ether oxygens (including phenoxy) is 1. The largest absolute Gasteiger partial charge is 0.385 e. The van der Waals surface area contributed by atoms with E-state index >= 15 is 0 Å². The number of methoxy groups -OCH3 is 1. The summed E-state index contributed by atoms with van der Waals surface area (Å²) in [5.74, 6) is 0.783. The number of carbonyl (C=O) groups excluding carboxylic acids is 1. The van der Waals surface area contributed by atoms with Crippen molar-refractivity contribution in [2.45, 2.75) is 46.0 Å². The highest BCUT2D eigenvalue weighted by molar-refractivity contribution is 7.19. The molecule has 0 aliphatic rings. The van der Waals surface area contributed by atoms with Gasteiger partial charge in [-0.25, -0.2) is 19.7 Å². The van der Waals surface area contributed by atoms with E-state index in [0.29, 0.717) is 18.3 Å². The summed E-state index contributed by atoms with van der Waals surface area (Å²) in [7, 11) is 1.67. The molecule has 2 aromatic rings. The standard InChI is InChI=1S/C18H27N5O2S/c1-12-14(13-8-10-19-15(22-13)18(2,3)4)26-17(21-12)23-16(24)20-9-6-7-11-25-5/h8,10H,6-7,9,11H2,1-5H3,(H2,20,21,23,24). The lowest BCUT2D eigenvalue weighted by Crippen LogP contribution is -2.29. The van der Waals surface area contributed by atoms with Crippen molar-refractivity contribution in [2.24, 2.45) is 0 Å². The first kappa shape index (κ1) is 20.3. The molecule has 2 amide bonds. The van der Waals surface area contributed by atoms with E-state index < -0.39 is 0 Å². The van der Waals surface area contributed by atoms with Crippen LogP contribution in [-0.2, 0) is 10.2 Å². The predicted molar refractivity (Wildman–Crippen MR) is 105 cm³/mol. The number of amides is 2. The number of carbonyl (C=O) groups is 1. The number of unbranched alkanes of at least 4 members (excludes halogenated alkanes) is 1. The van der Waals surface area contributed by atoms with Gasteiger partial charge < -0.3 is 10.1 Å². The lowest BCUT2D eigenvalue weighted by molar-refractivity contribution is 0.192. The average molecular weight is 378 g/mol. The molecule has 0 aliphatic heterocycles. The third-order valence-electron chi connectivity index (χ3n) is 3.64. The highest BCUT2D eigenvalue weighted by Crippen LogP contribution is 2.32. The highest BCUT2D eigenvalue weighted by atomic mass is 32.1. The van der Waals surface area contributed by atoms with Crippen LogP contribution in [0.2, 0.25) is 0 Å². The summed E-state index contributed by atoms with van der Waals surface area (Å²) in [5, 5.41) is 6.17. The number of anilines is 1. The lowest BCUT2D eigenvalue weighted by atomic mass is 9.95. The zero-order valence-electron chi connectivity index (χ0n) is 16.0. The monoisotopic (exact) mass is 377 g/mol. The maximum Gasteiger partial charge on any atom is 0.321 e. The SMILES string of the molecule is COCCCCNC(=O)Nc1nc(C)c(-c2ccnc(C(C)(C)C)n2)s1. The Kier molecular flexibility index (Phi) is 7.05. The molecule has 7 nitrogen and oxygen atoms in total. The van der Waals surface area contributed by atoms with Gasteiger partial charge in [-0.3, -0.25) is 5.32 Å². The normalized spacial score (nSPS) is 11.4.